The Hall–Kier alpha value is -2.03. The number of methoxy groups -OCH3 is 1. The van der Waals surface area contributed by atoms with Gasteiger partial charge in [-0.2, -0.15) is 0 Å². The molecule has 2 rings (SSSR count). The maximum atomic E-state index is 9.67. The van der Waals surface area contributed by atoms with E-state index in [2.05, 4.69) is 4.98 Å². The summed E-state index contributed by atoms with van der Waals surface area (Å²) in [5.41, 5.74) is 1.41. The van der Waals surface area contributed by atoms with Gasteiger partial charge in [0.1, 0.15) is 11.4 Å². The highest BCUT2D eigenvalue weighted by molar-refractivity contribution is 5.66. The van der Waals surface area contributed by atoms with E-state index in [9.17, 15) is 5.11 Å². The zero-order valence-corrected chi connectivity index (χ0v) is 8.34. The molecule has 0 fully saturated rings. The number of rotatable bonds is 2. The molecule has 0 aliphatic heterocycles. The molecule has 1 heterocycles. The smallest absolute Gasteiger partial charge is 0.213 e. The Morgan fingerprint density at radius 2 is 1.80 bits per heavy atom. The first-order valence-corrected chi connectivity index (χ1v) is 4.60. The SMILES string of the molecule is COc1ccc(O)c(-c2ccccc2)n1. The third-order valence-corrected chi connectivity index (χ3v) is 2.10. The monoisotopic (exact) mass is 201 g/mol. The number of aromatic hydroxyl groups is 1. The summed E-state index contributed by atoms with van der Waals surface area (Å²) in [5.74, 6) is 0.647. The van der Waals surface area contributed by atoms with Crippen LogP contribution < -0.4 is 4.74 Å². The van der Waals surface area contributed by atoms with Gasteiger partial charge in [-0.05, 0) is 6.07 Å². The minimum absolute atomic E-state index is 0.155. The third kappa shape index (κ3) is 1.91. The number of hydrogen-bond donors (Lipinski definition) is 1. The van der Waals surface area contributed by atoms with Crippen LogP contribution in [0.2, 0.25) is 0 Å². The van der Waals surface area contributed by atoms with E-state index in [0.717, 1.165) is 5.56 Å². The minimum Gasteiger partial charge on any atom is -0.506 e. The number of ether oxygens (including phenoxy) is 1. The topological polar surface area (TPSA) is 42.4 Å². The van der Waals surface area contributed by atoms with Crippen molar-refractivity contribution >= 4 is 0 Å². The van der Waals surface area contributed by atoms with Gasteiger partial charge in [0.25, 0.3) is 0 Å². The van der Waals surface area contributed by atoms with Gasteiger partial charge < -0.3 is 9.84 Å². The first-order valence-electron chi connectivity index (χ1n) is 4.60. The molecule has 2 aromatic rings. The quantitative estimate of drug-likeness (QED) is 0.811. The van der Waals surface area contributed by atoms with E-state index in [1.54, 1.807) is 19.2 Å². The van der Waals surface area contributed by atoms with Gasteiger partial charge in [-0.1, -0.05) is 30.3 Å². The Bertz CT molecular complexity index is 454. The molecule has 76 valence electrons. The molecule has 1 N–H and O–H groups in total. The summed E-state index contributed by atoms with van der Waals surface area (Å²) in [7, 11) is 1.55. The molecule has 3 nitrogen and oxygen atoms in total. The molecule has 3 heteroatoms. The second kappa shape index (κ2) is 4.00. The molecule has 0 saturated carbocycles. The van der Waals surface area contributed by atoms with E-state index in [0.29, 0.717) is 11.6 Å². The molecule has 0 saturated heterocycles. The fraction of sp³-hybridized carbons (Fsp3) is 0.0833. The van der Waals surface area contributed by atoms with Crippen LogP contribution in [-0.4, -0.2) is 17.2 Å². The van der Waals surface area contributed by atoms with Crippen LogP contribution in [0.4, 0.5) is 0 Å². The highest BCUT2D eigenvalue weighted by Gasteiger charge is 2.06. The molecule has 0 atom stereocenters. The van der Waals surface area contributed by atoms with Gasteiger partial charge in [0, 0.05) is 11.6 Å². The number of hydrogen-bond acceptors (Lipinski definition) is 3. The largest absolute Gasteiger partial charge is 0.506 e. The van der Waals surface area contributed by atoms with Crippen molar-refractivity contribution in [3.63, 3.8) is 0 Å². The van der Waals surface area contributed by atoms with Crippen molar-refractivity contribution in [2.75, 3.05) is 7.11 Å². The minimum atomic E-state index is 0.155. The molecule has 0 amide bonds. The van der Waals surface area contributed by atoms with Crippen molar-refractivity contribution < 1.29 is 9.84 Å². The van der Waals surface area contributed by atoms with E-state index in [4.69, 9.17) is 4.74 Å². The standard InChI is InChI=1S/C12H11NO2/c1-15-11-8-7-10(14)12(13-11)9-5-3-2-4-6-9/h2-8,14H,1H3. The second-order valence-corrected chi connectivity index (χ2v) is 3.09. The molecule has 0 bridgehead atoms. The zero-order valence-electron chi connectivity index (χ0n) is 8.34. The van der Waals surface area contributed by atoms with Crippen LogP contribution in [0, 0.1) is 0 Å². The fourth-order valence-electron chi connectivity index (χ4n) is 1.36. The summed E-state index contributed by atoms with van der Waals surface area (Å²) in [5, 5.41) is 9.67. The maximum absolute atomic E-state index is 9.67. The van der Waals surface area contributed by atoms with Gasteiger partial charge in [-0.25, -0.2) is 4.98 Å². The number of nitrogens with zero attached hydrogens (tertiary/aromatic N) is 1. The molecule has 0 unspecified atom stereocenters. The molecule has 0 aliphatic rings. The molecular weight excluding hydrogens is 190 g/mol. The Kier molecular flexibility index (Phi) is 2.54. The van der Waals surface area contributed by atoms with E-state index in [1.807, 2.05) is 30.3 Å². The lowest BCUT2D eigenvalue weighted by Crippen LogP contribution is -1.90. The Morgan fingerprint density at radius 3 is 2.47 bits per heavy atom. The Balaban J connectivity index is 2.52. The zero-order chi connectivity index (χ0) is 10.7. The molecule has 1 aromatic heterocycles. The molecule has 0 radical (unpaired) electrons. The molecule has 15 heavy (non-hydrogen) atoms. The van der Waals surface area contributed by atoms with Crippen molar-refractivity contribution in [3.8, 4) is 22.9 Å². The van der Waals surface area contributed by atoms with Crippen molar-refractivity contribution in [2.24, 2.45) is 0 Å². The van der Waals surface area contributed by atoms with E-state index < -0.39 is 0 Å². The van der Waals surface area contributed by atoms with Crippen LogP contribution in [0.1, 0.15) is 0 Å². The van der Waals surface area contributed by atoms with E-state index >= 15 is 0 Å². The summed E-state index contributed by atoms with van der Waals surface area (Å²) >= 11 is 0. The third-order valence-electron chi connectivity index (χ3n) is 2.10. The highest BCUT2D eigenvalue weighted by atomic mass is 16.5. The summed E-state index contributed by atoms with van der Waals surface area (Å²) < 4.78 is 5.01. The van der Waals surface area contributed by atoms with Gasteiger partial charge in [0.05, 0.1) is 7.11 Å². The molecular formula is C12H11NO2. The fourth-order valence-corrected chi connectivity index (χ4v) is 1.36. The van der Waals surface area contributed by atoms with Gasteiger partial charge in [-0.3, -0.25) is 0 Å². The lowest BCUT2D eigenvalue weighted by Gasteiger charge is -2.05. The first kappa shape index (κ1) is 9.52. The van der Waals surface area contributed by atoms with Crippen LogP contribution in [0.3, 0.4) is 0 Å². The number of aromatic nitrogens is 1. The van der Waals surface area contributed by atoms with Crippen LogP contribution >= 0.6 is 0 Å². The summed E-state index contributed by atoms with van der Waals surface area (Å²) in [4.78, 5) is 4.19. The van der Waals surface area contributed by atoms with Crippen molar-refractivity contribution in [3.05, 3.63) is 42.5 Å². The Morgan fingerprint density at radius 1 is 1.07 bits per heavy atom. The average Bonchev–Trinajstić information content (AvgIpc) is 2.31. The molecule has 0 aliphatic carbocycles. The lowest BCUT2D eigenvalue weighted by atomic mass is 10.1. The highest BCUT2D eigenvalue weighted by Crippen LogP contribution is 2.28. The first-order chi connectivity index (χ1) is 7.31. The normalized spacial score (nSPS) is 9.93. The van der Waals surface area contributed by atoms with Gasteiger partial charge in [0.2, 0.25) is 5.88 Å². The van der Waals surface area contributed by atoms with Gasteiger partial charge in [0.15, 0.2) is 0 Å². The predicted octanol–water partition coefficient (Wildman–Crippen LogP) is 2.46. The van der Waals surface area contributed by atoms with Crippen LogP contribution in [0.25, 0.3) is 11.3 Å². The van der Waals surface area contributed by atoms with Crippen molar-refractivity contribution in [1.82, 2.24) is 4.98 Å². The molecule has 0 spiro atoms. The van der Waals surface area contributed by atoms with Crippen LogP contribution in [0.5, 0.6) is 11.6 Å². The van der Waals surface area contributed by atoms with Crippen LogP contribution in [0.15, 0.2) is 42.5 Å². The maximum Gasteiger partial charge on any atom is 0.213 e. The summed E-state index contributed by atoms with van der Waals surface area (Å²) in [6.45, 7) is 0. The lowest BCUT2D eigenvalue weighted by molar-refractivity contribution is 0.395. The number of pyridine rings is 1. The van der Waals surface area contributed by atoms with Crippen molar-refractivity contribution in [1.29, 1.82) is 0 Å². The average molecular weight is 201 g/mol. The van der Waals surface area contributed by atoms with Crippen LogP contribution in [-0.2, 0) is 0 Å². The van der Waals surface area contributed by atoms with Crippen molar-refractivity contribution in [2.45, 2.75) is 0 Å². The van der Waals surface area contributed by atoms with Gasteiger partial charge >= 0.3 is 0 Å². The summed E-state index contributed by atoms with van der Waals surface area (Å²) in [6.07, 6.45) is 0. The Labute approximate surface area is 88.0 Å². The van der Waals surface area contributed by atoms with E-state index in [-0.39, 0.29) is 5.75 Å². The van der Waals surface area contributed by atoms with E-state index in [1.165, 1.54) is 0 Å². The predicted molar refractivity (Wildman–Crippen MR) is 57.9 cm³/mol. The second-order valence-electron chi connectivity index (χ2n) is 3.09. The van der Waals surface area contributed by atoms with Gasteiger partial charge in [-0.15, -0.1) is 0 Å². The molecule has 1 aromatic carbocycles. The number of benzene rings is 1. The summed E-state index contributed by atoms with van der Waals surface area (Å²) in [6, 6.07) is 12.7.